The van der Waals surface area contributed by atoms with Gasteiger partial charge in [-0.1, -0.05) is 12.8 Å². The Balaban J connectivity index is 2.74. The number of ether oxygens (including phenoxy) is 1. The molecule has 58 valence electrons. The van der Waals surface area contributed by atoms with Crippen molar-refractivity contribution in [3.63, 3.8) is 0 Å². The standard InChI is InChI=1S/C4H7NO3S2/c6-10(7)4-3-5(9)1-2-8-4/h9H,1-3H2. The molecular formula is C4H7NO3S2. The van der Waals surface area contributed by atoms with Crippen LogP contribution in [0.5, 0.6) is 0 Å². The van der Waals surface area contributed by atoms with E-state index in [1.54, 1.807) is 4.31 Å². The van der Waals surface area contributed by atoms with E-state index in [1.807, 2.05) is 0 Å². The molecule has 1 rings (SSSR count). The van der Waals surface area contributed by atoms with Crippen LogP contribution in [0.4, 0.5) is 0 Å². The summed E-state index contributed by atoms with van der Waals surface area (Å²) in [7, 11) is -2.22. The summed E-state index contributed by atoms with van der Waals surface area (Å²) < 4.78 is 27.0. The largest absolute Gasteiger partial charge is 0.333 e. The van der Waals surface area contributed by atoms with Gasteiger partial charge in [-0.3, -0.25) is 0 Å². The molecule has 0 atom stereocenters. The average molecular weight is 181 g/mol. The minimum Gasteiger partial charge on any atom is -0.333 e. The summed E-state index contributed by atoms with van der Waals surface area (Å²) in [6.45, 7) is 1.32. The van der Waals surface area contributed by atoms with E-state index in [0.29, 0.717) is 13.2 Å². The lowest BCUT2D eigenvalue weighted by molar-refractivity contribution is 0.239. The van der Waals surface area contributed by atoms with Crippen molar-refractivity contribution in [2.45, 2.75) is 0 Å². The average Bonchev–Trinajstić information content (AvgIpc) is 1.88. The van der Waals surface area contributed by atoms with E-state index in [1.165, 1.54) is 0 Å². The lowest BCUT2D eigenvalue weighted by atomic mass is 10.5. The summed E-state index contributed by atoms with van der Waals surface area (Å²) in [5.41, 5.74) is 0. The van der Waals surface area contributed by atoms with Crippen LogP contribution in [0.15, 0.2) is 0 Å². The maximum absolute atomic E-state index is 10.3. The number of thiol groups is 1. The van der Waals surface area contributed by atoms with Gasteiger partial charge >= 0.3 is 0 Å². The van der Waals surface area contributed by atoms with Gasteiger partial charge in [0.1, 0.15) is 0 Å². The van der Waals surface area contributed by atoms with E-state index in [2.05, 4.69) is 12.8 Å². The van der Waals surface area contributed by atoms with E-state index >= 15 is 0 Å². The zero-order valence-corrected chi connectivity index (χ0v) is 6.86. The second kappa shape index (κ2) is 3.38. The highest BCUT2D eigenvalue weighted by Gasteiger charge is 2.13. The molecule has 10 heavy (non-hydrogen) atoms. The van der Waals surface area contributed by atoms with Crippen molar-refractivity contribution in [1.82, 2.24) is 4.31 Å². The van der Waals surface area contributed by atoms with Crippen molar-refractivity contribution in [1.29, 1.82) is 0 Å². The fourth-order valence-corrected chi connectivity index (χ4v) is 1.39. The fraction of sp³-hybridized carbons (Fsp3) is 0.750. The molecule has 6 heteroatoms. The van der Waals surface area contributed by atoms with E-state index in [0.717, 1.165) is 0 Å². The van der Waals surface area contributed by atoms with Crippen LogP contribution < -0.4 is 0 Å². The van der Waals surface area contributed by atoms with Gasteiger partial charge in [0.05, 0.1) is 13.2 Å². The molecule has 1 aliphatic heterocycles. The quantitative estimate of drug-likeness (QED) is 0.391. The van der Waals surface area contributed by atoms with Crippen LogP contribution in [-0.4, -0.2) is 37.5 Å². The summed E-state index contributed by atoms with van der Waals surface area (Å²) in [6, 6.07) is 0. The second-order valence-corrected chi connectivity index (χ2v) is 3.33. The zero-order chi connectivity index (χ0) is 7.56. The number of hydrogen-bond acceptors (Lipinski definition) is 5. The van der Waals surface area contributed by atoms with Crippen LogP contribution in [0.3, 0.4) is 0 Å². The normalized spacial score (nSPS) is 21.1. The van der Waals surface area contributed by atoms with E-state index in [4.69, 9.17) is 4.74 Å². The third-order valence-corrected chi connectivity index (χ3v) is 2.07. The van der Waals surface area contributed by atoms with Crippen molar-refractivity contribution in [3.05, 3.63) is 0 Å². The Hall–Kier alpha value is -0.0400. The molecule has 0 bridgehead atoms. The topological polar surface area (TPSA) is 46.6 Å². The van der Waals surface area contributed by atoms with Gasteiger partial charge < -0.3 is 4.74 Å². The number of hydrogen-bond donors (Lipinski definition) is 1. The number of rotatable bonds is 0. The van der Waals surface area contributed by atoms with Gasteiger partial charge in [0.15, 0.2) is 5.05 Å². The van der Waals surface area contributed by atoms with Crippen LogP contribution in [-0.2, 0) is 15.0 Å². The molecule has 0 radical (unpaired) electrons. The highest BCUT2D eigenvalue weighted by atomic mass is 32.2. The number of morpholine rings is 1. The Bertz CT molecular complexity index is 237. The lowest BCUT2D eigenvalue weighted by Gasteiger charge is -2.19. The molecule has 4 nitrogen and oxygen atoms in total. The smallest absolute Gasteiger partial charge is 0.242 e. The van der Waals surface area contributed by atoms with Gasteiger partial charge in [0.25, 0.3) is 0 Å². The molecule has 0 spiro atoms. The van der Waals surface area contributed by atoms with Crippen molar-refractivity contribution in [2.75, 3.05) is 19.7 Å². The molecule has 0 saturated carbocycles. The molecule has 0 aromatic carbocycles. The fourth-order valence-electron chi connectivity index (χ4n) is 0.639. The number of nitrogens with zero attached hydrogens (tertiary/aromatic N) is 1. The van der Waals surface area contributed by atoms with Gasteiger partial charge in [0.2, 0.25) is 10.3 Å². The van der Waals surface area contributed by atoms with Crippen LogP contribution in [0.25, 0.3) is 0 Å². The van der Waals surface area contributed by atoms with Gasteiger partial charge in [-0.2, -0.15) is 8.42 Å². The van der Waals surface area contributed by atoms with Crippen molar-refractivity contribution >= 4 is 28.2 Å². The summed E-state index contributed by atoms with van der Waals surface area (Å²) >= 11 is 3.97. The SMILES string of the molecule is O=S(=O)=C1CN(S)CCO1. The molecule has 0 unspecified atom stereocenters. The zero-order valence-electron chi connectivity index (χ0n) is 5.15. The third-order valence-electron chi connectivity index (χ3n) is 1.11. The molecule has 0 N–H and O–H groups in total. The van der Waals surface area contributed by atoms with E-state index in [-0.39, 0.29) is 11.6 Å². The third kappa shape index (κ3) is 1.98. The Morgan fingerprint density at radius 1 is 1.60 bits per heavy atom. The Morgan fingerprint density at radius 2 is 2.30 bits per heavy atom. The Kier molecular flexibility index (Phi) is 2.72. The monoisotopic (exact) mass is 181 g/mol. The van der Waals surface area contributed by atoms with Gasteiger partial charge in [0, 0.05) is 6.54 Å². The molecule has 1 fully saturated rings. The molecule has 1 aliphatic rings. The maximum atomic E-state index is 10.3. The minimum atomic E-state index is -2.22. The Labute approximate surface area is 65.9 Å². The van der Waals surface area contributed by atoms with Crippen LogP contribution >= 0.6 is 12.8 Å². The summed E-state index contributed by atoms with van der Waals surface area (Å²) in [4.78, 5) is 0. The van der Waals surface area contributed by atoms with Crippen LogP contribution in [0, 0.1) is 0 Å². The summed E-state index contributed by atoms with van der Waals surface area (Å²) in [5, 5.41) is 0.0706. The highest BCUT2D eigenvalue weighted by Crippen LogP contribution is 2.00. The molecule has 1 saturated heterocycles. The predicted octanol–water partition coefficient (Wildman–Crippen LogP) is -0.828. The first-order chi connectivity index (χ1) is 4.70. The van der Waals surface area contributed by atoms with Gasteiger partial charge in [-0.05, 0) is 0 Å². The van der Waals surface area contributed by atoms with Crippen LogP contribution in [0.2, 0.25) is 0 Å². The van der Waals surface area contributed by atoms with Crippen molar-refractivity contribution in [3.8, 4) is 0 Å². The second-order valence-electron chi connectivity index (χ2n) is 1.84. The molecule has 1 heterocycles. The highest BCUT2D eigenvalue weighted by molar-refractivity contribution is 7.78. The van der Waals surface area contributed by atoms with Crippen LogP contribution in [0.1, 0.15) is 0 Å². The first kappa shape index (κ1) is 8.06. The molecule has 0 aromatic rings. The van der Waals surface area contributed by atoms with E-state index in [9.17, 15) is 8.42 Å². The first-order valence-electron chi connectivity index (χ1n) is 2.72. The molecule has 0 aromatic heterocycles. The minimum absolute atomic E-state index is 0.0706. The summed E-state index contributed by atoms with van der Waals surface area (Å²) in [6.07, 6.45) is 0. The van der Waals surface area contributed by atoms with Gasteiger partial charge in [-0.15, -0.1) is 0 Å². The molecule has 0 amide bonds. The van der Waals surface area contributed by atoms with E-state index < -0.39 is 10.3 Å². The van der Waals surface area contributed by atoms with Crippen molar-refractivity contribution < 1.29 is 13.2 Å². The molecular weight excluding hydrogens is 174 g/mol. The maximum Gasteiger partial charge on any atom is 0.242 e. The first-order valence-corrected chi connectivity index (χ1v) is 4.19. The molecule has 0 aliphatic carbocycles. The summed E-state index contributed by atoms with van der Waals surface area (Å²) in [5.74, 6) is 0. The van der Waals surface area contributed by atoms with Gasteiger partial charge in [-0.25, -0.2) is 4.31 Å². The predicted molar refractivity (Wildman–Crippen MR) is 40.4 cm³/mol. The van der Waals surface area contributed by atoms with Crippen molar-refractivity contribution in [2.24, 2.45) is 0 Å². The lowest BCUT2D eigenvalue weighted by Crippen LogP contribution is -2.34. The Morgan fingerprint density at radius 3 is 2.70 bits per heavy atom.